The van der Waals surface area contributed by atoms with Gasteiger partial charge in [-0.3, -0.25) is 9.69 Å². The Kier molecular flexibility index (Phi) is 8.33. The topological polar surface area (TPSA) is 52.6 Å². The molecule has 1 amide bonds. The SMILES string of the molecule is Cc1ccc(CNC(=O)CN(CCCO)C(c2ccccc2)c2ccccc2)cc1F. The van der Waals surface area contributed by atoms with Crippen molar-refractivity contribution in [3.05, 3.63) is 107 Å². The minimum absolute atomic E-state index is 0.0526. The fourth-order valence-electron chi connectivity index (χ4n) is 3.65. The van der Waals surface area contributed by atoms with Crippen molar-refractivity contribution in [1.82, 2.24) is 10.2 Å². The normalized spacial score (nSPS) is 11.1. The molecular weight excluding hydrogens is 391 g/mol. The number of amides is 1. The maximum absolute atomic E-state index is 13.8. The van der Waals surface area contributed by atoms with E-state index in [9.17, 15) is 14.3 Å². The van der Waals surface area contributed by atoms with E-state index in [2.05, 4.69) is 34.5 Å². The molecule has 162 valence electrons. The number of aliphatic hydroxyl groups excluding tert-OH is 1. The highest BCUT2D eigenvalue weighted by atomic mass is 19.1. The third kappa shape index (κ3) is 6.48. The Morgan fingerprint density at radius 3 is 2.16 bits per heavy atom. The smallest absolute Gasteiger partial charge is 0.234 e. The first-order valence-corrected chi connectivity index (χ1v) is 10.5. The molecule has 0 saturated heterocycles. The lowest BCUT2D eigenvalue weighted by atomic mass is 9.96. The van der Waals surface area contributed by atoms with Gasteiger partial charge >= 0.3 is 0 Å². The van der Waals surface area contributed by atoms with Gasteiger partial charge in [0.15, 0.2) is 0 Å². The van der Waals surface area contributed by atoms with Crippen molar-refractivity contribution in [2.75, 3.05) is 19.7 Å². The predicted octanol–water partition coefficient (Wildman–Crippen LogP) is 4.22. The Morgan fingerprint density at radius 2 is 1.61 bits per heavy atom. The monoisotopic (exact) mass is 420 g/mol. The van der Waals surface area contributed by atoms with Gasteiger partial charge in [-0.2, -0.15) is 0 Å². The minimum Gasteiger partial charge on any atom is -0.396 e. The van der Waals surface area contributed by atoms with Crippen molar-refractivity contribution >= 4 is 5.91 Å². The average molecular weight is 421 g/mol. The molecule has 0 aliphatic rings. The summed E-state index contributed by atoms with van der Waals surface area (Å²) in [5, 5.41) is 12.3. The van der Waals surface area contributed by atoms with Crippen LogP contribution in [0.25, 0.3) is 0 Å². The van der Waals surface area contributed by atoms with Crippen LogP contribution in [0.15, 0.2) is 78.9 Å². The first-order chi connectivity index (χ1) is 15.1. The summed E-state index contributed by atoms with van der Waals surface area (Å²) in [6.45, 7) is 2.77. The van der Waals surface area contributed by atoms with Crippen molar-refractivity contribution in [3.8, 4) is 0 Å². The van der Waals surface area contributed by atoms with E-state index in [1.165, 1.54) is 6.07 Å². The molecule has 31 heavy (non-hydrogen) atoms. The minimum atomic E-state index is -0.274. The molecule has 0 radical (unpaired) electrons. The Hall–Kier alpha value is -3.02. The van der Waals surface area contributed by atoms with Crippen LogP contribution in [0, 0.1) is 12.7 Å². The molecule has 0 aliphatic heterocycles. The summed E-state index contributed by atoms with van der Waals surface area (Å²) in [5.41, 5.74) is 3.47. The van der Waals surface area contributed by atoms with Gasteiger partial charge < -0.3 is 10.4 Å². The van der Waals surface area contributed by atoms with Crippen molar-refractivity contribution in [2.24, 2.45) is 0 Å². The average Bonchev–Trinajstić information content (AvgIpc) is 2.80. The molecular formula is C26H29FN2O2. The van der Waals surface area contributed by atoms with Crippen LogP contribution >= 0.6 is 0 Å². The van der Waals surface area contributed by atoms with Crippen LogP contribution in [0.1, 0.15) is 34.7 Å². The number of carbonyl (C=O) groups is 1. The molecule has 0 atom stereocenters. The molecule has 3 rings (SSSR count). The number of nitrogens with zero attached hydrogens (tertiary/aromatic N) is 1. The first kappa shape index (κ1) is 22.7. The van der Waals surface area contributed by atoms with Crippen molar-refractivity contribution in [1.29, 1.82) is 0 Å². The molecule has 0 saturated carbocycles. The third-order valence-electron chi connectivity index (χ3n) is 5.27. The van der Waals surface area contributed by atoms with Crippen molar-refractivity contribution in [3.63, 3.8) is 0 Å². The number of nitrogens with one attached hydrogen (secondary N) is 1. The maximum atomic E-state index is 13.8. The molecule has 3 aromatic carbocycles. The van der Waals surface area contributed by atoms with Gasteiger partial charge in [-0.05, 0) is 41.7 Å². The van der Waals surface area contributed by atoms with Gasteiger partial charge in [-0.1, -0.05) is 72.8 Å². The van der Waals surface area contributed by atoms with Crippen LogP contribution in [0.2, 0.25) is 0 Å². The number of hydrogen-bond acceptors (Lipinski definition) is 3. The lowest BCUT2D eigenvalue weighted by Crippen LogP contribution is -2.40. The molecule has 2 N–H and O–H groups in total. The van der Waals surface area contributed by atoms with Crippen LogP contribution in [-0.2, 0) is 11.3 Å². The van der Waals surface area contributed by atoms with E-state index in [1.807, 2.05) is 42.5 Å². The van der Waals surface area contributed by atoms with Gasteiger partial charge in [0.25, 0.3) is 0 Å². The Balaban J connectivity index is 1.77. The van der Waals surface area contributed by atoms with Gasteiger partial charge in [-0.15, -0.1) is 0 Å². The summed E-state index contributed by atoms with van der Waals surface area (Å²) >= 11 is 0. The van der Waals surface area contributed by atoms with E-state index < -0.39 is 0 Å². The Bertz CT molecular complexity index is 924. The van der Waals surface area contributed by atoms with E-state index in [4.69, 9.17) is 0 Å². The fraction of sp³-hybridized carbons (Fsp3) is 0.269. The third-order valence-corrected chi connectivity index (χ3v) is 5.27. The molecule has 0 spiro atoms. The molecule has 0 bridgehead atoms. The number of aryl methyl sites for hydroxylation is 1. The Morgan fingerprint density at radius 1 is 1.00 bits per heavy atom. The van der Waals surface area contributed by atoms with E-state index >= 15 is 0 Å². The van der Waals surface area contributed by atoms with E-state index in [1.54, 1.807) is 13.0 Å². The molecule has 0 aromatic heterocycles. The number of halogens is 1. The second kappa shape index (κ2) is 11.4. The summed E-state index contributed by atoms with van der Waals surface area (Å²) in [6.07, 6.45) is 0.562. The van der Waals surface area contributed by atoms with Crippen LogP contribution in [-0.4, -0.2) is 35.6 Å². The second-order valence-electron chi connectivity index (χ2n) is 7.63. The maximum Gasteiger partial charge on any atom is 0.234 e. The highest BCUT2D eigenvalue weighted by Crippen LogP contribution is 2.28. The van der Waals surface area contributed by atoms with E-state index in [0.29, 0.717) is 18.5 Å². The Labute approximate surface area is 183 Å². The molecule has 0 fully saturated rings. The van der Waals surface area contributed by atoms with Crippen molar-refractivity contribution in [2.45, 2.75) is 25.9 Å². The molecule has 3 aromatic rings. The zero-order valence-electron chi connectivity index (χ0n) is 17.8. The molecule has 0 heterocycles. The van der Waals surface area contributed by atoms with Gasteiger partial charge in [0.05, 0.1) is 12.6 Å². The summed E-state index contributed by atoms with van der Waals surface area (Å²) < 4.78 is 13.8. The summed E-state index contributed by atoms with van der Waals surface area (Å²) in [5.74, 6) is -0.416. The van der Waals surface area contributed by atoms with Gasteiger partial charge in [0.1, 0.15) is 5.82 Å². The van der Waals surface area contributed by atoms with E-state index in [0.717, 1.165) is 16.7 Å². The van der Waals surface area contributed by atoms with Gasteiger partial charge in [-0.25, -0.2) is 4.39 Å². The van der Waals surface area contributed by atoms with Crippen molar-refractivity contribution < 1.29 is 14.3 Å². The number of aliphatic hydroxyl groups is 1. The zero-order valence-corrected chi connectivity index (χ0v) is 17.8. The largest absolute Gasteiger partial charge is 0.396 e. The number of rotatable bonds is 10. The number of benzene rings is 3. The lowest BCUT2D eigenvalue weighted by Gasteiger charge is -2.32. The summed E-state index contributed by atoms with van der Waals surface area (Å²) in [7, 11) is 0. The first-order valence-electron chi connectivity index (χ1n) is 10.5. The van der Waals surface area contributed by atoms with Gasteiger partial charge in [0.2, 0.25) is 5.91 Å². The van der Waals surface area contributed by atoms with E-state index in [-0.39, 0.29) is 37.5 Å². The summed E-state index contributed by atoms with van der Waals surface area (Å²) in [4.78, 5) is 14.9. The summed E-state index contributed by atoms with van der Waals surface area (Å²) in [6, 6.07) is 25.0. The molecule has 5 heteroatoms. The number of carbonyl (C=O) groups excluding carboxylic acids is 1. The molecule has 0 aliphatic carbocycles. The van der Waals surface area contributed by atoms with Crippen LogP contribution in [0.3, 0.4) is 0 Å². The highest BCUT2D eigenvalue weighted by molar-refractivity contribution is 5.78. The number of hydrogen-bond donors (Lipinski definition) is 2. The molecule has 0 unspecified atom stereocenters. The highest BCUT2D eigenvalue weighted by Gasteiger charge is 2.24. The van der Waals surface area contributed by atoms with Crippen LogP contribution in [0.4, 0.5) is 4.39 Å². The lowest BCUT2D eigenvalue weighted by molar-refractivity contribution is -0.122. The zero-order chi connectivity index (χ0) is 22.1. The van der Waals surface area contributed by atoms with Gasteiger partial charge in [0, 0.05) is 19.7 Å². The second-order valence-corrected chi connectivity index (χ2v) is 7.63. The molecule has 4 nitrogen and oxygen atoms in total. The standard InChI is InChI=1S/C26H29FN2O2/c1-20-13-14-21(17-24(20)27)18-28-25(31)19-29(15-8-16-30)26(22-9-4-2-5-10-22)23-11-6-3-7-12-23/h2-7,9-14,17,26,30H,8,15-16,18-19H2,1H3,(H,28,31). The predicted molar refractivity (Wildman–Crippen MR) is 121 cm³/mol. The van der Waals surface area contributed by atoms with Crippen LogP contribution in [0.5, 0.6) is 0 Å². The quantitative estimate of drug-likeness (QED) is 0.516. The fourth-order valence-corrected chi connectivity index (χ4v) is 3.65. The van der Waals surface area contributed by atoms with Crippen LogP contribution < -0.4 is 5.32 Å².